The van der Waals surface area contributed by atoms with Gasteiger partial charge >= 0.3 is 0 Å². The second kappa shape index (κ2) is 10.9. The number of carbonyl (C=O) groups excluding carboxylic acids is 2. The molecule has 2 N–H and O–H groups in total. The quantitative estimate of drug-likeness (QED) is 0.446. The third kappa shape index (κ3) is 5.66. The standard InChI is InChI=1S/C24H29FN4O4/c1-5-15(6-2)28-21(30)19-12-26-23(32-19)14-9-10-18(25)17(11-14)24-27-13-20(33-24)22(31)29-16(7-3)8-4/h9-13,15-16H,5-8H2,1-4H3,(H,28,30)(H,29,31). The number of benzene rings is 1. The van der Waals surface area contributed by atoms with Crippen molar-refractivity contribution < 1.29 is 22.8 Å². The number of halogens is 1. The average Bonchev–Trinajstić information content (AvgIpc) is 3.51. The van der Waals surface area contributed by atoms with Gasteiger partial charge in [-0.1, -0.05) is 27.7 Å². The van der Waals surface area contributed by atoms with Crippen LogP contribution in [0, 0.1) is 5.82 Å². The third-order valence-corrected chi connectivity index (χ3v) is 5.54. The fourth-order valence-corrected chi connectivity index (χ4v) is 3.34. The normalized spacial score (nSPS) is 11.2. The summed E-state index contributed by atoms with van der Waals surface area (Å²) in [4.78, 5) is 33.0. The minimum atomic E-state index is -0.578. The highest BCUT2D eigenvalue weighted by atomic mass is 19.1. The van der Waals surface area contributed by atoms with Gasteiger partial charge in [-0.2, -0.15) is 0 Å². The molecule has 33 heavy (non-hydrogen) atoms. The summed E-state index contributed by atoms with van der Waals surface area (Å²) in [5.41, 5.74) is 0.490. The minimum Gasteiger partial charge on any atom is -0.431 e. The first-order chi connectivity index (χ1) is 15.9. The first-order valence-corrected chi connectivity index (χ1v) is 11.2. The van der Waals surface area contributed by atoms with E-state index in [0.29, 0.717) is 5.56 Å². The molecule has 176 valence electrons. The summed E-state index contributed by atoms with van der Waals surface area (Å²) in [5.74, 6) is -1.15. The fraction of sp³-hybridized carbons (Fsp3) is 0.417. The summed E-state index contributed by atoms with van der Waals surface area (Å²) in [6.07, 6.45) is 5.78. The van der Waals surface area contributed by atoms with E-state index in [1.54, 1.807) is 0 Å². The van der Waals surface area contributed by atoms with Crippen LogP contribution < -0.4 is 10.6 Å². The topological polar surface area (TPSA) is 110 Å². The van der Waals surface area contributed by atoms with Gasteiger partial charge in [0.25, 0.3) is 11.8 Å². The number of rotatable bonds is 10. The third-order valence-electron chi connectivity index (χ3n) is 5.54. The molecule has 0 fully saturated rings. The van der Waals surface area contributed by atoms with Crippen molar-refractivity contribution in [2.24, 2.45) is 0 Å². The van der Waals surface area contributed by atoms with Gasteiger partial charge < -0.3 is 19.5 Å². The van der Waals surface area contributed by atoms with Crippen molar-refractivity contribution >= 4 is 11.8 Å². The first kappa shape index (κ1) is 24.2. The number of amides is 2. The zero-order chi connectivity index (χ0) is 24.0. The molecule has 3 rings (SSSR count). The van der Waals surface area contributed by atoms with Crippen LogP contribution in [-0.2, 0) is 0 Å². The van der Waals surface area contributed by atoms with Crippen molar-refractivity contribution in [1.29, 1.82) is 0 Å². The van der Waals surface area contributed by atoms with E-state index in [2.05, 4.69) is 20.6 Å². The van der Waals surface area contributed by atoms with Crippen LogP contribution >= 0.6 is 0 Å². The number of hydrogen-bond donors (Lipinski definition) is 2. The SMILES string of the molecule is CCC(CC)NC(=O)c1cnc(-c2ccc(F)c(-c3ncc(C(=O)NC(CC)CC)o3)c2)o1. The summed E-state index contributed by atoms with van der Waals surface area (Å²) in [6.45, 7) is 7.93. The van der Waals surface area contributed by atoms with Crippen LogP contribution in [0.15, 0.2) is 39.4 Å². The van der Waals surface area contributed by atoms with Gasteiger partial charge in [-0.15, -0.1) is 0 Å². The monoisotopic (exact) mass is 456 g/mol. The largest absolute Gasteiger partial charge is 0.431 e. The number of nitrogens with one attached hydrogen (secondary N) is 2. The molecule has 0 saturated heterocycles. The Morgan fingerprint density at radius 1 is 0.848 bits per heavy atom. The maximum absolute atomic E-state index is 14.5. The molecule has 1 aromatic carbocycles. The summed E-state index contributed by atoms with van der Waals surface area (Å²) < 4.78 is 25.7. The Morgan fingerprint density at radius 2 is 1.33 bits per heavy atom. The Labute approximate surface area is 192 Å². The maximum atomic E-state index is 14.5. The molecule has 0 aliphatic carbocycles. The average molecular weight is 457 g/mol. The smallest absolute Gasteiger partial charge is 0.288 e. The lowest BCUT2D eigenvalue weighted by molar-refractivity contribution is 0.0900. The highest BCUT2D eigenvalue weighted by Gasteiger charge is 2.21. The van der Waals surface area contributed by atoms with E-state index in [0.717, 1.165) is 25.7 Å². The summed E-state index contributed by atoms with van der Waals surface area (Å²) in [5, 5.41) is 5.74. The van der Waals surface area contributed by atoms with E-state index in [4.69, 9.17) is 8.83 Å². The number of hydrogen-bond acceptors (Lipinski definition) is 6. The molecule has 0 aliphatic heterocycles. The van der Waals surface area contributed by atoms with Gasteiger partial charge in [0.2, 0.25) is 23.3 Å². The van der Waals surface area contributed by atoms with E-state index in [9.17, 15) is 14.0 Å². The predicted octanol–water partition coefficient (Wildman–Crippen LogP) is 4.97. The summed E-state index contributed by atoms with van der Waals surface area (Å²) >= 11 is 0. The highest BCUT2D eigenvalue weighted by Crippen LogP contribution is 2.29. The van der Waals surface area contributed by atoms with E-state index >= 15 is 0 Å². The van der Waals surface area contributed by atoms with Crippen LogP contribution in [0.4, 0.5) is 4.39 Å². The van der Waals surface area contributed by atoms with Crippen molar-refractivity contribution in [2.75, 3.05) is 0 Å². The van der Waals surface area contributed by atoms with Crippen LogP contribution in [0.3, 0.4) is 0 Å². The zero-order valence-electron chi connectivity index (χ0n) is 19.3. The molecule has 0 saturated carbocycles. The van der Waals surface area contributed by atoms with E-state index < -0.39 is 11.7 Å². The lowest BCUT2D eigenvalue weighted by atomic mass is 10.1. The Bertz CT molecular complexity index is 1100. The molecule has 0 unspecified atom stereocenters. The van der Waals surface area contributed by atoms with Gasteiger partial charge in [0.1, 0.15) is 5.82 Å². The van der Waals surface area contributed by atoms with Crippen molar-refractivity contribution in [1.82, 2.24) is 20.6 Å². The Hall–Kier alpha value is -3.49. The molecule has 0 aliphatic rings. The Morgan fingerprint density at radius 3 is 1.85 bits per heavy atom. The molecular weight excluding hydrogens is 427 g/mol. The van der Waals surface area contributed by atoms with Crippen LogP contribution in [0.2, 0.25) is 0 Å². The Balaban J connectivity index is 1.81. The van der Waals surface area contributed by atoms with Crippen LogP contribution in [0.1, 0.15) is 74.5 Å². The van der Waals surface area contributed by atoms with E-state index in [1.807, 2.05) is 27.7 Å². The lowest BCUT2D eigenvalue weighted by Crippen LogP contribution is -2.33. The first-order valence-electron chi connectivity index (χ1n) is 11.2. The van der Waals surface area contributed by atoms with Crippen LogP contribution in [-0.4, -0.2) is 33.9 Å². The van der Waals surface area contributed by atoms with Gasteiger partial charge in [0.15, 0.2) is 0 Å². The molecule has 0 atom stereocenters. The minimum absolute atomic E-state index is 0.00168. The summed E-state index contributed by atoms with van der Waals surface area (Å²) in [6, 6.07) is 4.24. The van der Waals surface area contributed by atoms with E-state index in [1.165, 1.54) is 30.6 Å². The van der Waals surface area contributed by atoms with Gasteiger partial charge in [-0.3, -0.25) is 9.59 Å². The van der Waals surface area contributed by atoms with Crippen molar-refractivity contribution in [2.45, 2.75) is 65.5 Å². The molecule has 0 radical (unpaired) electrons. The second-order valence-electron chi connectivity index (χ2n) is 7.73. The zero-order valence-corrected chi connectivity index (χ0v) is 19.3. The second-order valence-corrected chi connectivity index (χ2v) is 7.73. The fourth-order valence-electron chi connectivity index (χ4n) is 3.34. The molecule has 0 spiro atoms. The molecule has 8 nitrogen and oxygen atoms in total. The van der Waals surface area contributed by atoms with Crippen LogP contribution in [0.5, 0.6) is 0 Å². The van der Waals surface area contributed by atoms with Gasteiger partial charge in [-0.25, -0.2) is 14.4 Å². The van der Waals surface area contributed by atoms with Crippen LogP contribution in [0.25, 0.3) is 22.9 Å². The maximum Gasteiger partial charge on any atom is 0.288 e. The molecule has 2 aromatic heterocycles. The molecule has 2 amide bonds. The van der Waals surface area contributed by atoms with Crippen molar-refractivity contribution in [3.05, 3.63) is 47.9 Å². The highest BCUT2D eigenvalue weighted by molar-refractivity contribution is 5.92. The molecular formula is C24H29FN4O4. The Kier molecular flexibility index (Phi) is 7.97. The number of carbonyl (C=O) groups is 2. The van der Waals surface area contributed by atoms with Gasteiger partial charge in [0, 0.05) is 17.6 Å². The molecule has 0 bridgehead atoms. The number of nitrogens with zero attached hydrogens (tertiary/aromatic N) is 2. The predicted molar refractivity (Wildman–Crippen MR) is 121 cm³/mol. The number of oxazole rings is 2. The summed E-state index contributed by atoms with van der Waals surface area (Å²) in [7, 11) is 0. The lowest BCUT2D eigenvalue weighted by Gasteiger charge is -2.12. The van der Waals surface area contributed by atoms with Crippen molar-refractivity contribution in [3.63, 3.8) is 0 Å². The van der Waals surface area contributed by atoms with Gasteiger partial charge in [-0.05, 0) is 43.9 Å². The molecule has 9 heteroatoms. The molecule has 2 heterocycles. The van der Waals surface area contributed by atoms with E-state index in [-0.39, 0.29) is 46.9 Å². The van der Waals surface area contributed by atoms with Gasteiger partial charge in [0.05, 0.1) is 18.0 Å². The molecule has 3 aromatic rings. The van der Waals surface area contributed by atoms with Crippen molar-refractivity contribution in [3.8, 4) is 22.9 Å². The number of aromatic nitrogens is 2.